The summed E-state index contributed by atoms with van der Waals surface area (Å²) in [4.78, 5) is 4.61. The van der Waals surface area contributed by atoms with Gasteiger partial charge in [0.05, 0.1) is 23.2 Å². The van der Waals surface area contributed by atoms with E-state index in [1.807, 2.05) is 12.1 Å². The van der Waals surface area contributed by atoms with Crippen molar-refractivity contribution < 1.29 is 4.74 Å². The molecule has 4 nitrogen and oxygen atoms in total. The average molecular weight is 245 g/mol. The van der Waals surface area contributed by atoms with Crippen LogP contribution in [0.5, 0.6) is 0 Å². The predicted octanol–water partition coefficient (Wildman–Crippen LogP) is 2.67. The van der Waals surface area contributed by atoms with Crippen LogP contribution in [0.3, 0.4) is 0 Å². The van der Waals surface area contributed by atoms with Gasteiger partial charge in [-0.05, 0) is 44.4 Å². The molecule has 0 aliphatic heterocycles. The van der Waals surface area contributed by atoms with Crippen LogP contribution in [0.1, 0.15) is 31.1 Å². The van der Waals surface area contributed by atoms with Gasteiger partial charge in [0.2, 0.25) is 0 Å². The van der Waals surface area contributed by atoms with Gasteiger partial charge in [0.1, 0.15) is 5.82 Å². The zero-order valence-corrected chi connectivity index (χ0v) is 10.9. The van der Waals surface area contributed by atoms with Crippen LogP contribution in [0.2, 0.25) is 0 Å². The molecule has 0 bridgehead atoms. The number of hydrogen-bond acceptors (Lipinski definition) is 3. The molecule has 0 saturated heterocycles. The summed E-state index contributed by atoms with van der Waals surface area (Å²) in [5.41, 5.74) is 8.73. The molecular weight excluding hydrogens is 226 g/mol. The Balaban J connectivity index is 2.13. The number of nitrogens with two attached hydrogens (primary N) is 1. The third kappa shape index (κ3) is 1.68. The molecule has 0 amide bonds. The molecule has 2 atom stereocenters. The Kier molecular flexibility index (Phi) is 2.74. The zero-order valence-electron chi connectivity index (χ0n) is 10.9. The van der Waals surface area contributed by atoms with E-state index in [1.54, 1.807) is 7.11 Å². The molecule has 0 spiro atoms. The first-order chi connectivity index (χ1) is 8.70. The number of fused-ring (bicyclic) bond motifs is 1. The Morgan fingerprint density at radius 1 is 1.39 bits per heavy atom. The summed E-state index contributed by atoms with van der Waals surface area (Å²) >= 11 is 0. The van der Waals surface area contributed by atoms with E-state index in [0.29, 0.717) is 12.1 Å². The molecule has 1 aliphatic rings. The van der Waals surface area contributed by atoms with Gasteiger partial charge in [0, 0.05) is 12.8 Å². The quantitative estimate of drug-likeness (QED) is 0.828. The van der Waals surface area contributed by atoms with Crippen molar-refractivity contribution in [1.82, 2.24) is 9.55 Å². The van der Waals surface area contributed by atoms with Crippen LogP contribution in [0.25, 0.3) is 11.0 Å². The summed E-state index contributed by atoms with van der Waals surface area (Å²) in [7, 11) is 1.80. The van der Waals surface area contributed by atoms with Gasteiger partial charge >= 0.3 is 0 Å². The minimum atomic E-state index is 0.304. The van der Waals surface area contributed by atoms with Gasteiger partial charge in [-0.1, -0.05) is 0 Å². The van der Waals surface area contributed by atoms with Gasteiger partial charge in [-0.15, -0.1) is 0 Å². The van der Waals surface area contributed by atoms with Crippen molar-refractivity contribution in [2.24, 2.45) is 0 Å². The van der Waals surface area contributed by atoms with Gasteiger partial charge < -0.3 is 15.0 Å². The third-order valence-corrected chi connectivity index (χ3v) is 3.94. The highest BCUT2D eigenvalue weighted by Crippen LogP contribution is 2.35. The van der Waals surface area contributed by atoms with Crippen LogP contribution < -0.4 is 5.73 Å². The van der Waals surface area contributed by atoms with Crippen LogP contribution in [0.4, 0.5) is 5.69 Å². The molecule has 2 aromatic rings. The third-order valence-electron chi connectivity index (χ3n) is 3.94. The predicted molar refractivity (Wildman–Crippen MR) is 72.6 cm³/mol. The Bertz CT molecular complexity index is 576. The van der Waals surface area contributed by atoms with Crippen LogP contribution in [-0.2, 0) is 4.74 Å². The summed E-state index contributed by atoms with van der Waals surface area (Å²) in [5.74, 6) is 1.05. The Morgan fingerprint density at radius 2 is 2.22 bits per heavy atom. The first-order valence-corrected chi connectivity index (χ1v) is 6.47. The van der Waals surface area contributed by atoms with E-state index in [-0.39, 0.29) is 0 Å². The highest BCUT2D eigenvalue weighted by Gasteiger charge is 2.30. The summed E-state index contributed by atoms with van der Waals surface area (Å²) in [6.45, 7) is 2.06. The number of hydrogen-bond donors (Lipinski definition) is 1. The molecule has 3 rings (SSSR count). The van der Waals surface area contributed by atoms with E-state index < -0.39 is 0 Å². The topological polar surface area (TPSA) is 53.1 Å². The molecule has 96 valence electrons. The lowest BCUT2D eigenvalue weighted by atomic mass is 10.2. The summed E-state index contributed by atoms with van der Waals surface area (Å²) in [6, 6.07) is 6.35. The summed E-state index contributed by atoms with van der Waals surface area (Å²) in [5, 5.41) is 0. The van der Waals surface area contributed by atoms with Crippen molar-refractivity contribution in [2.75, 3.05) is 12.8 Å². The van der Waals surface area contributed by atoms with Crippen molar-refractivity contribution in [3.8, 4) is 0 Å². The Hall–Kier alpha value is -1.55. The van der Waals surface area contributed by atoms with E-state index in [2.05, 4.69) is 22.5 Å². The van der Waals surface area contributed by atoms with Gasteiger partial charge in [-0.2, -0.15) is 0 Å². The summed E-state index contributed by atoms with van der Waals surface area (Å²) in [6.07, 6.45) is 3.82. The van der Waals surface area contributed by atoms with Crippen molar-refractivity contribution >= 4 is 16.7 Å². The SMILES string of the molecule is COC1CCCC1n1c(C)nc2cc(N)ccc21. The van der Waals surface area contributed by atoms with E-state index >= 15 is 0 Å². The van der Waals surface area contributed by atoms with E-state index in [1.165, 1.54) is 6.42 Å². The standard InChI is InChI=1S/C14H19N3O/c1-9-16-11-8-10(15)6-7-12(11)17(9)13-4-3-5-14(13)18-2/h6-8,13-14H,3-5,15H2,1-2H3. The van der Waals surface area contributed by atoms with E-state index in [4.69, 9.17) is 10.5 Å². The number of benzene rings is 1. The molecule has 1 aromatic carbocycles. The highest BCUT2D eigenvalue weighted by molar-refractivity contribution is 5.79. The molecule has 1 saturated carbocycles. The van der Waals surface area contributed by atoms with Gasteiger partial charge in [-0.25, -0.2) is 4.98 Å². The van der Waals surface area contributed by atoms with Crippen LogP contribution >= 0.6 is 0 Å². The molecule has 4 heteroatoms. The number of aromatic nitrogens is 2. The lowest BCUT2D eigenvalue weighted by Gasteiger charge is -2.22. The lowest BCUT2D eigenvalue weighted by Crippen LogP contribution is -2.21. The normalized spacial score (nSPS) is 23.9. The Labute approximate surface area is 107 Å². The molecule has 1 aliphatic carbocycles. The number of nitrogen functional groups attached to an aromatic ring is 1. The number of ether oxygens (including phenoxy) is 1. The first kappa shape index (κ1) is 11.5. The van der Waals surface area contributed by atoms with Crippen molar-refractivity contribution in [1.29, 1.82) is 0 Å². The number of rotatable bonds is 2. The molecule has 18 heavy (non-hydrogen) atoms. The number of aryl methyl sites for hydroxylation is 1. The summed E-state index contributed by atoms with van der Waals surface area (Å²) < 4.78 is 7.92. The second kappa shape index (κ2) is 4.28. The van der Waals surface area contributed by atoms with E-state index in [9.17, 15) is 0 Å². The van der Waals surface area contributed by atoms with Crippen molar-refractivity contribution in [2.45, 2.75) is 38.3 Å². The maximum atomic E-state index is 5.82. The molecule has 2 N–H and O–H groups in total. The van der Waals surface area contributed by atoms with Crippen molar-refractivity contribution in [3.05, 3.63) is 24.0 Å². The highest BCUT2D eigenvalue weighted by atomic mass is 16.5. The fourth-order valence-corrected chi connectivity index (χ4v) is 3.13. The Morgan fingerprint density at radius 3 is 3.00 bits per heavy atom. The zero-order chi connectivity index (χ0) is 12.7. The second-order valence-electron chi connectivity index (χ2n) is 5.05. The van der Waals surface area contributed by atoms with Gasteiger partial charge in [0.15, 0.2) is 0 Å². The van der Waals surface area contributed by atoms with Gasteiger partial charge in [0.25, 0.3) is 0 Å². The van der Waals surface area contributed by atoms with E-state index in [0.717, 1.165) is 35.4 Å². The number of nitrogens with zero attached hydrogens (tertiary/aromatic N) is 2. The fourth-order valence-electron chi connectivity index (χ4n) is 3.13. The number of anilines is 1. The average Bonchev–Trinajstić information content (AvgIpc) is 2.90. The van der Waals surface area contributed by atoms with Crippen LogP contribution in [0, 0.1) is 6.92 Å². The monoisotopic (exact) mass is 245 g/mol. The lowest BCUT2D eigenvalue weighted by molar-refractivity contribution is 0.0755. The number of imidazole rings is 1. The minimum absolute atomic E-state index is 0.304. The second-order valence-corrected chi connectivity index (χ2v) is 5.05. The molecule has 1 heterocycles. The minimum Gasteiger partial charge on any atom is -0.399 e. The molecule has 2 unspecified atom stereocenters. The maximum Gasteiger partial charge on any atom is 0.107 e. The maximum absolute atomic E-state index is 5.82. The fraction of sp³-hybridized carbons (Fsp3) is 0.500. The number of methoxy groups -OCH3 is 1. The molecule has 0 radical (unpaired) electrons. The molecule has 1 aromatic heterocycles. The first-order valence-electron chi connectivity index (χ1n) is 6.47. The molecule has 1 fully saturated rings. The largest absolute Gasteiger partial charge is 0.399 e. The van der Waals surface area contributed by atoms with Crippen LogP contribution in [0.15, 0.2) is 18.2 Å². The van der Waals surface area contributed by atoms with Crippen molar-refractivity contribution in [3.63, 3.8) is 0 Å². The molecular formula is C14H19N3O. The van der Waals surface area contributed by atoms with Crippen LogP contribution in [-0.4, -0.2) is 22.8 Å². The smallest absolute Gasteiger partial charge is 0.107 e. The van der Waals surface area contributed by atoms with Gasteiger partial charge in [-0.3, -0.25) is 0 Å².